The van der Waals surface area contributed by atoms with Crippen molar-refractivity contribution in [3.05, 3.63) is 71.8 Å². The molecule has 2 aromatic carbocycles. The first-order valence-corrected chi connectivity index (χ1v) is 9.83. The monoisotopic (exact) mass is 407 g/mol. The van der Waals surface area contributed by atoms with Crippen molar-refractivity contribution in [1.29, 1.82) is 0 Å². The Morgan fingerprint density at radius 2 is 1.57 bits per heavy atom. The van der Waals surface area contributed by atoms with Crippen molar-refractivity contribution in [2.24, 2.45) is 5.10 Å². The molecule has 3 rings (SSSR count). The lowest BCUT2D eigenvalue weighted by atomic mass is 10.1. The Kier molecular flexibility index (Phi) is 7.24. The van der Waals surface area contributed by atoms with Gasteiger partial charge in [0.15, 0.2) is 0 Å². The summed E-state index contributed by atoms with van der Waals surface area (Å²) in [5, 5.41) is 7.04. The van der Waals surface area contributed by atoms with Gasteiger partial charge in [-0.2, -0.15) is 0 Å². The Morgan fingerprint density at radius 3 is 2.00 bits per heavy atom. The summed E-state index contributed by atoms with van der Waals surface area (Å²) in [6.45, 7) is 0. The average molecular weight is 407 g/mol. The summed E-state index contributed by atoms with van der Waals surface area (Å²) in [6, 6.07) is 20.7. The molecule has 1 aliphatic rings. The molecule has 2 atom stereocenters. The van der Waals surface area contributed by atoms with Crippen LogP contribution in [0.15, 0.2) is 65.8 Å². The quantitative estimate of drug-likeness (QED) is 0.435. The SMILES string of the molecule is CNN1C(c2ccccc2)=N[N+](C)(NC)C1c1ccccc1.COS(=O)(=O)[O-]. The number of quaternary nitrogens is 1. The van der Waals surface area contributed by atoms with E-state index in [1.165, 1.54) is 5.56 Å². The van der Waals surface area contributed by atoms with Gasteiger partial charge in [-0.3, -0.25) is 4.18 Å². The molecule has 1 aliphatic heterocycles. The zero-order chi connectivity index (χ0) is 20.8. The first-order chi connectivity index (χ1) is 13.3. The van der Waals surface area contributed by atoms with Gasteiger partial charge in [0.1, 0.15) is 7.05 Å². The molecule has 0 saturated carbocycles. The Morgan fingerprint density at radius 1 is 1.07 bits per heavy atom. The van der Waals surface area contributed by atoms with Crippen LogP contribution in [0.1, 0.15) is 17.3 Å². The summed E-state index contributed by atoms with van der Waals surface area (Å²) in [5.41, 5.74) is 8.91. The number of nitrogens with zero attached hydrogens (tertiary/aromatic N) is 3. The van der Waals surface area contributed by atoms with Gasteiger partial charge < -0.3 is 4.55 Å². The lowest BCUT2D eigenvalue weighted by Gasteiger charge is -2.33. The molecule has 1 heterocycles. The summed E-state index contributed by atoms with van der Waals surface area (Å²) in [7, 11) is 2.33. The average Bonchev–Trinajstić information content (AvgIpc) is 3.02. The first-order valence-electron chi connectivity index (χ1n) is 8.49. The van der Waals surface area contributed by atoms with Crippen molar-refractivity contribution in [2.45, 2.75) is 6.17 Å². The second-order valence-electron chi connectivity index (χ2n) is 5.99. The summed E-state index contributed by atoms with van der Waals surface area (Å²) in [5.74, 6) is 0.925. The second-order valence-corrected chi connectivity index (χ2v) is 7.14. The van der Waals surface area contributed by atoms with Crippen molar-refractivity contribution < 1.29 is 21.9 Å². The van der Waals surface area contributed by atoms with E-state index in [0.29, 0.717) is 4.70 Å². The van der Waals surface area contributed by atoms with Gasteiger partial charge >= 0.3 is 0 Å². The minimum Gasteiger partial charge on any atom is -0.726 e. The number of benzene rings is 2. The first kappa shape index (κ1) is 22.0. The van der Waals surface area contributed by atoms with Gasteiger partial charge in [-0.15, -0.1) is 5.43 Å². The number of hydrogen-bond acceptors (Lipinski definition) is 8. The fourth-order valence-corrected chi connectivity index (χ4v) is 2.89. The standard InChI is InChI=1S/C17H22N5.CH4O4S/c1-18-21-16(14-10-6-4-7-11-14)20-22(3,19-2)17(21)15-12-8-5-9-13-15;1-5-6(2,3)4/h4-13,17-19H,1-3H3;1H3,(H,2,3,4)/q+1;/p-1. The summed E-state index contributed by atoms with van der Waals surface area (Å²) in [4.78, 5) is 0. The molecule has 9 nitrogen and oxygen atoms in total. The van der Waals surface area contributed by atoms with Gasteiger partial charge in [0.2, 0.25) is 22.4 Å². The predicted molar refractivity (Wildman–Crippen MR) is 105 cm³/mol. The molecule has 2 unspecified atom stereocenters. The highest BCUT2D eigenvalue weighted by Crippen LogP contribution is 2.34. The van der Waals surface area contributed by atoms with Gasteiger partial charge in [0, 0.05) is 25.2 Å². The van der Waals surface area contributed by atoms with Gasteiger partial charge in [0.25, 0.3) is 0 Å². The molecule has 0 radical (unpaired) electrons. The Labute approximate surface area is 165 Å². The van der Waals surface area contributed by atoms with Crippen LogP contribution in [0.5, 0.6) is 0 Å². The number of rotatable bonds is 5. The van der Waals surface area contributed by atoms with Crippen LogP contribution in [0, 0.1) is 0 Å². The van der Waals surface area contributed by atoms with Gasteiger partial charge in [-0.05, 0) is 5.10 Å². The lowest BCUT2D eigenvalue weighted by Crippen LogP contribution is -2.54. The minimum atomic E-state index is -4.41. The number of amidine groups is 1. The molecule has 0 amide bonds. The second kappa shape index (κ2) is 9.24. The smallest absolute Gasteiger partial charge is 0.248 e. The highest BCUT2D eigenvalue weighted by atomic mass is 32.3. The van der Waals surface area contributed by atoms with E-state index in [2.05, 4.69) is 63.5 Å². The Hall–Kier alpha value is -2.34. The molecule has 0 fully saturated rings. The van der Waals surface area contributed by atoms with E-state index in [-0.39, 0.29) is 6.17 Å². The van der Waals surface area contributed by atoms with Gasteiger partial charge in [-0.25, -0.2) is 18.9 Å². The van der Waals surface area contributed by atoms with Crippen molar-refractivity contribution in [3.8, 4) is 0 Å². The van der Waals surface area contributed by atoms with Crippen molar-refractivity contribution >= 4 is 16.2 Å². The largest absolute Gasteiger partial charge is 0.726 e. The molecule has 10 heteroatoms. The van der Waals surface area contributed by atoms with Gasteiger partial charge in [-0.1, -0.05) is 65.4 Å². The van der Waals surface area contributed by atoms with E-state index in [0.717, 1.165) is 18.5 Å². The van der Waals surface area contributed by atoms with Crippen LogP contribution in [-0.4, -0.2) is 56.8 Å². The zero-order valence-corrected chi connectivity index (χ0v) is 17.1. The predicted octanol–water partition coefficient (Wildman–Crippen LogP) is 1.17. The number of nitrogens with one attached hydrogen (secondary N) is 2. The molecule has 28 heavy (non-hydrogen) atoms. The Balaban J connectivity index is 0.000000409. The number of hydrogen-bond donors (Lipinski definition) is 2. The molecule has 0 spiro atoms. The third-order valence-corrected chi connectivity index (χ3v) is 4.69. The maximum Gasteiger partial charge on any atom is 0.248 e. The topological polar surface area (TPSA) is 106 Å². The maximum atomic E-state index is 9.22. The van der Waals surface area contributed by atoms with Crippen LogP contribution < -0.4 is 10.9 Å². The molecule has 0 aliphatic carbocycles. The zero-order valence-electron chi connectivity index (χ0n) is 16.2. The molecule has 0 bridgehead atoms. The van der Waals surface area contributed by atoms with E-state index in [1.807, 2.05) is 38.4 Å². The van der Waals surface area contributed by atoms with Crippen LogP contribution in [-0.2, 0) is 14.6 Å². The lowest BCUT2D eigenvalue weighted by molar-refractivity contribution is -0.987. The molecule has 0 aromatic heterocycles. The third-order valence-electron chi connectivity index (χ3n) is 4.28. The molecule has 0 saturated heterocycles. The molecule has 2 aromatic rings. The maximum absolute atomic E-state index is 9.22. The van der Waals surface area contributed by atoms with Crippen LogP contribution >= 0.6 is 0 Å². The molecular weight excluding hydrogens is 382 g/mol. The van der Waals surface area contributed by atoms with E-state index in [9.17, 15) is 13.0 Å². The van der Waals surface area contributed by atoms with Gasteiger partial charge in [0.05, 0.1) is 7.11 Å². The summed E-state index contributed by atoms with van der Waals surface area (Å²) in [6.07, 6.45) is 0.0198. The summed E-state index contributed by atoms with van der Waals surface area (Å²) < 4.78 is 31.4. The van der Waals surface area contributed by atoms with Crippen LogP contribution in [0.2, 0.25) is 0 Å². The van der Waals surface area contributed by atoms with Crippen LogP contribution in [0.4, 0.5) is 0 Å². The van der Waals surface area contributed by atoms with Crippen molar-refractivity contribution in [3.63, 3.8) is 0 Å². The Bertz CT molecular complexity index is 893. The van der Waals surface area contributed by atoms with Crippen LogP contribution in [0.25, 0.3) is 0 Å². The highest BCUT2D eigenvalue weighted by molar-refractivity contribution is 7.80. The van der Waals surface area contributed by atoms with Crippen molar-refractivity contribution in [1.82, 2.24) is 15.9 Å². The molecule has 2 N–H and O–H groups in total. The third kappa shape index (κ3) is 5.13. The van der Waals surface area contributed by atoms with Crippen molar-refractivity contribution in [2.75, 3.05) is 28.3 Å². The van der Waals surface area contributed by atoms with E-state index in [1.54, 1.807) is 0 Å². The minimum absolute atomic E-state index is 0.0198. The normalized spacial score (nSPS) is 21.7. The highest BCUT2D eigenvalue weighted by Gasteiger charge is 2.47. The van der Waals surface area contributed by atoms with Crippen LogP contribution in [0.3, 0.4) is 0 Å². The molecule has 152 valence electrons. The van der Waals surface area contributed by atoms with E-state index >= 15 is 0 Å². The fraction of sp³-hybridized carbons (Fsp3) is 0.278. The fourth-order valence-electron chi connectivity index (χ4n) is 2.89. The van der Waals surface area contributed by atoms with E-state index < -0.39 is 10.4 Å². The number of hydrazine groups is 1. The van der Waals surface area contributed by atoms with E-state index in [4.69, 9.17) is 5.10 Å². The molecular formula is C18H25N5O4S. The summed E-state index contributed by atoms with van der Waals surface area (Å²) >= 11 is 0.